The van der Waals surface area contributed by atoms with Crippen molar-refractivity contribution in [3.8, 4) is 0 Å². The molecule has 0 heterocycles. The first-order chi connectivity index (χ1) is 9.38. The van der Waals surface area contributed by atoms with E-state index in [1.807, 2.05) is 19.1 Å². The predicted molar refractivity (Wildman–Crippen MR) is 89.0 cm³/mol. The second kappa shape index (κ2) is 6.11. The standard InChI is InChI=1S/C14H15IN2O2S/c1-10(16)11-4-2-7-14(8-11)20(18,19)17-13-6-3-5-12(15)9-13/h2-10,17H,16H2,1H3. The topological polar surface area (TPSA) is 72.2 Å². The molecule has 1 atom stereocenters. The lowest BCUT2D eigenvalue weighted by Crippen LogP contribution is -2.14. The zero-order valence-electron chi connectivity index (χ0n) is 10.9. The van der Waals surface area contributed by atoms with Gasteiger partial charge < -0.3 is 5.73 Å². The second-order valence-corrected chi connectivity index (χ2v) is 7.41. The van der Waals surface area contributed by atoms with Gasteiger partial charge in [-0.1, -0.05) is 18.2 Å². The van der Waals surface area contributed by atoms with E-state index in [0.717, 1.165) is 9.13 Å². The summed E-state index contributed by atoms with van der Waals surface area (Å²) in [6.45, 7) is 1.82. The molecule has 0 aliphatic carbocycles. The Hall–Kier alpha value is -1.12. The molecule has 2 rings (SSSR count). The summed E-state index contributed by atoms with van der Waals surface area (Å²) in [5, 5.41) is 0. The number of nitrogens with one attached hydrogen (secondary N) is 1. The minimum atomic E-state index is -3.59. The Kier molecular flexibility index (Phi) is 4.66. The highest BCUT2D eigenvalue weighted by Gasteiger charge is 2.15. The lowest BCUT2D eigenvalue weighted by atomic mass is 10.1. The molecule has 2 aromatic carbocycles. The molecular weight excluding hydrogens is 387 g/mol. The van der Waals surface area contributed by atoms with Crippen LogP contribution in [0.25, 0.3) is 0 Å². The number of halogens is 1. The van der Waals surface area contributed by atoms with E-state index < -0.39 is 10.0 Å². The molecule has 3 N–H and O–H groups in total. The summed E-state index contributed by atoms with van der Waals surface area (Å²) in [6, 6.07) is 13.7. The Labute approximate surface area is 132 Å². The van der Waals surface area contributed by atoms with E-state index >= 15 is 0 Å². The van der Waals surface area contributed by atoms with Crippen molar-refractivity contribution in [1.82, 2.24) is 0 Å². The van der Waals surface area contributed by atoms with Gasteiger partial charge in [0.15, 0.2) is 0 Å². The summed E-state index contributed by atoms with van der Waals surface area (Å²) in [7, 11) is -3.59. The van der Waals surface area contributed by atoms with Gasteiger partial charge in [-0.15, -0.1) is 0 Å². The Bertz CT molecular complexity index is 715. The first-order valence-electron chi connectivity index (χ1n) is 6.02. The van der Waals surface area contributed by atoms with E-state index in [1.54, 1.807) is 36.4 Å². The number of anilines is 1. The smallest absolute Gasteiger partial charge is 0.261 e. The maximum Gasteiger partial charge on any atom is 0.261 e. The molecule has 0 aromatic heterocycles. The Morgan fingerprint density at radius 3 is 2.50 bits per heavy atom. The number of hydrogen-bond acceptors (Lipinski definition) is 3. The quantitative estimate of drug-likeness (QED) is 0.773. The number of benzene rings is 2. The van der Waals surface area contributed by atoms with Crippen LogP contribution in [0.4, 0.5) is 5.69 Å². The van der Waals surface area contributed by atoms with E-state index in [1.165, 1.54) is 0 Å². The first-order valence-corrected chi connectivity index (χ1v) is 8.58. The molecular formula is C14H15IN2O2S. The number of hydrogen-bond donors (Lipinski definition) is 2. The normalized spacial score (nSPS) is 12.9. The molecule has 6 heteroatoms. The Morgan fingerprint density at radius 1 is 1.15 bits per heavy atom. The van der Waals surface area contributed by atoms with Gasteiger partial charge in [0.05, 0.1) is 4.90 Å². The summed E-state index contributed by atoms with van der Waals surface area (Å²) in [5.41, 5.74) is 7.11. The molecule has 106 valence electrons. The van der Waals surface area contributed by atoms with Gasteiger partial charge in [0.25, 0.3) is 10.0 Å². The Morgan fingerprint density at radius 2 is 1.85 bits per heavy atom. The summed E-state index contributed by atoms with van der Waals surface area (Å²) in [4.78, 5) is 0.214. The monoisotopic (exact) mass is 402 g/mol. The highest BCUT2D eigenvalue weighted by Crippen LogP contribution is 2.20. The van der Waals surface area contributed by atoms with Crippen LogP contribution in [0, 0.1) is 3.57 Å². The van der Waals surface area contributed by atoms with Crippen molar-refractivity contribution in [2.75, 3.05) is 4.72 Å². The third-order valence-electron chi connectivity index (χ3n) is 2.77. The lowest BCUT2D eigenvalue weighted by molar-refractivity contribution is 0.601. The van der Waals surface area contributed by atoms with Crippen LogP contribution in [-0.2, 0) is 10.0 Å². The minimum absolute atomic E-state index is 0.206. The van der Waals surface area contributed by atoms with Crippen molar-refractivity contribution < 1.29 is 8.42 Å². The highest BCUT2D eigenvalue weighted by molar-refractivity contribution is 14.1. The lowest BCUT2D eigenvalue weighted by Gasteiger charge is -2.11. The van der Waals surface area contributed by atoms with Crippen molar-refractivity contribution in [2.45, 2.75) is 17.9 Å². The highest BCUT2D eigenvalue weighted by atomic mass is 127. The minimum Gasteiger partial charge on any atom is -0.324 e. The van der Waals surface area contributed by atoms with Gasteiger partial charge in [-0.05, 0) is 65.4 Å². The zero-order valence-corrected chi connectivity index (χ0v) is 13.9. The molecule has 0 saturated heterocycles. The van der Waals surface area contributed by atoms with Crippen LogP contribution in [-0.4, -0.2) is 8.42 Å². The summed E-state index contributed by atoms with van der Waals surface area (Å²) >= 11 is 2.13. The van der Waals surface area contributed by atoms with Crippen molar-refractivity contribution in [3.63, 3.8) is 0 Å². The van der Waals surface area contributed by atoms with Crippen molar-refractivity contribution in [3.05, 3.63) is 57.7 Å². The fraction of sp³-hybridized carbons (Fsp3) is 0.143. The van der Waals surface area contributed by atoms with Gasteiger partial charge in [0.2, 0.25) is 0 Å². The molecule has 1 unspecified atom stereocenters. The van der Waals surface area contributed by atoms with Crippen molar-refractivity contribution in [2.24, 2.45) is 5.73 Å². The number of sulfonamides is 1. The molecule has 0 amide bonds. The van der Waals surface area contributed by atoms with Gasteiger partial charge >= 0.3 is 0 Å². The third kappa shape index (κ3) is 3.71. The fourth-order valence-corrected chi connectivity index (χ4v) is 3.38. The molecule has 4 nitrogen and oxygen atoms in total. The fourth-order valence-electron chi connectivity index (χ4n) is 1.73. The van der Waals surface area contributed by atoms with E-state index in [0.29, 0.717) is 5.69 Å². The molecule has 0 radical (unpaired) electrons. The van der Waals surface area contributed by atoms with Crippen LogP contribution in [0.3, 0.4) is 0 Å². The first kappa shape index (κ1) is 15.3. The van der Waals surface area contributed by atoms with Crippen LogP contribution in [0.5, 0.6) is 0 Å². The number of nitrogens with two attached hydrogens (primary N) is 1. The Balaban J connectivity index is 2.33. The van der Waals surface area contributed by atoms with Crippen molar-refractivity contribution in [1.29, 1.82) is 0 Å². The maximum absolute atomic E-state index is 12.3. The summed E-state index contributed by atoms with van der Waals surface area (Å²) in [5.74, 6) is 0. The maximum atomic E-state index is 12.3. The average molecular weight is 402 g/mol. The molecule has 0 spiro atoms. The van der Waals surface area contributed by atoms with E-state index in [-0.39, 0.29) is 10.9 Å². The third-order valence-corrected chi connectivity index (χ3v) is 4.82. The zero-order chi connectivity index (χ0) is 14.8. The van der Waals surface area contributed by atoms with Gasteiger partial charge in [0, 0.05) is 15.3 Å². The SMILES string of the molecule is CC(N)c1cccc(S(=O)(=O)Nc2cccc(I)c2)c1. The van der Waals surface area contributed by atoms with Crippen LogP contribution >= 0.6 is 22.6 Å². The summed E-state index contributed by atoms with van der Waals surface area (Å²) in [6.07, 6.45) is 0. The largest absolute Gasteiger partial charge is 0.324 e. The van der Waals surface area contributed by atoms with E-state index in [2.05, 4.69) is 27.3 Å². The molecule has 0 bridgehead atoms. The second-order valence-electron chi connectivity index (χ2n) is 4.48. The van der Waals surface area contributed by atoms with Crippen LogP contribution in [0.15, 0.2) is 53.4 Å². The predicted octanol–water partition coefficient (Wildman–Crippen LogP) is 3.11. The van der Waals surface area contributed by atoms with Gasteiger partial charge in [-0.2, -0.15) is 0 Å². The average Bonchev–Trinajstić information content (AvgIpc) is 2.38. The van der Waals surface area contributed by atoms with Crippen molar-refractivity contribution >= 4 is 38.3 Å². The van der Waals surface area contributed by atoms with Crippen LogP contribution in [0.1, 0.15) is 18.5 Å². The molecule has 0 aliphatic heterocycles. The molecule has 0 fully saturated rings. The van der Waals surface area contributed by atoms with Gasteiger partial charge in [0.1, 0.15) is 0 Å². The van der Waals surface area contributed by atoms with E-state index in [9.17, 15) is 8.42 Å². The molecule has 2 aromatic rings. The molecule has 20 heavy (non-hydrogen) atoms. The number of rotatable bonds is 4. The van der Waals surface area contributed by atoms with Gasteiger partial charge in [-0.3, -0.25) is 4.72 Å². The van der Waals surface area contributed by atoms with E-state index in [4.69, 9.17) is 5.73 Å². The molecule has 0 saturated carbocycles. The summed E-state index contributed by atoms with van der Waals surface area (Å²) < 4.78 is 28.2. The molecule has 0 aliphatic rings. The van der Waals surface area contributed by atoms with Crippen LogP contribution in [0.2, 0.25) is 0 Å². The van der Waals surface area contributed by atoms with Crippen LogP contribution < -0.4 is 10.5 Å². The van der Waals surface area contributed by atoms with Gasteiger partial charge in [-0.25, -0.2) is 8.42 Å².